The smallest absolute Gasteiger partial charge is 0.131 e. The minimum Gasteiger partial charge on any atom is -0.306 e. The summed E-state index contributed by atoms with van der Waals surface area (Å²) < 4.78 is 0. The molecule has 0 fully saturated rings. The van der Waals surface area contributed by atoms with E-state index in [0.717, 1.165) is 19.4 Å². The van der Waals surface area contributed by atoms with Gasteiger partial charge in [0, 0.05) is 25.9 Å². The molecule has 64 valence electrons. The van der Waals surface area contributed by atoms with Gasteiger partial charge in [0.1, 0.15) is 12.1 Å². The molecule has 11 heavy (non-hydrogen) atoms. The van der Waals surface area contributed by atoms with Crippen LogP contribution in [0.3, 0.4) is 0 Å². The lowest BCUT2D eigenvalue weighted by Gasteiger charge is -2.12. The van der Waals surface area contributed by atoms with Gasteiger partial charge in [-0.3, -0.25) is 4.79 Å². The normalized spacial score (nSPS) is 10.1. The fourth-order valence-electron chi connectivity index (χ4n) is 0.733. The van der Waals surface area contributed by atoms with Crippen molar-refractivity contribution in [3.05, 3.63) is 0 Å². The van der Waals surface area contributed by atoms with E-state index in [4.69, 9.17) is 0 Å². The molecule has 0 atom stereocenters. The molecule has 0 spiro atoms. The molecule has 0 saturated heterocycles. The van der Waals surface area contributed by atoms with Crippen molar-refractivity contribution in [3.8, 4) is 0 Å². The zero-order chi connectivity index (χ0) is 8.69. The van der Waals surface area contributed by atoms with Gasteiger partial charge >= 0.3 is 0 Å². The number of Topliss-reactive ketones (excluding diaryl/α,β-unsaturated/α-hetero) is 1. The Kier molecular flexibility index (Phi) is 5.65. The lowest BCUT2D eigenvalue weighted by molar-refractivity contribution is -0.117. The first-order valence-corrected chi connectivity index (χ1v) is 3.78. The van der Waals surface area contributed by atoms with Gasteiger partial charge in [0.15, 0.2) is 0 Å². The van der Waals surface area contributed by atoms with Gasteiger partial charge in [0.2, 0.25) is 0 Å². The van der Waals surface area contributed by atoms with Crippen molar-refractivity contribution in [3.63, 3.8) is 0 Å². The molecule has 0 aliphatic rings. The molecular formula is C8H15NO2. The van der Waals surface area contributed by atoms with E-state index >= 15 is 0 Å². The summed E-state index contributed by atoms with van der Waals surface area (Å²) >= 11 is 0. The first-order chi connectivity index (χ1) is 5.16. The van der Waals surface area contributed by atoms with Crippen molar-refractivity contribution >= 4 is 12.1 Å². The third-order valence-corrected chi connectivity index (χ3v) is 1.47. The molecule has 3 nitrogen and oxygen atoms in total. The average Bonchev–Trinajstić information content (AvgIpc) is 1.97. The zero-order valence-corrected chi connectivity index (χ0v) is 7.17. The maximum absolute atomic E-state index is 10.5. The highest BCUT2D eigenvalue weighted by Crippen LogP contribution is 1.89. The van der Waals surface area contributed by atoms with E-state index < -0.39 is 0 Å². The Bertz CT molecular complexity index is 134. The van der Waals surface area contributed by atoms with Crippen LogP contribution in [-0.2, 0) is 9.59 Å². The molecule has 0 saturated carbocycles. The number of ketones is 1. The first kappa shape index (κ1) is 10.3. The molecule has 0 aliphatic heterocycles. The van der Waals surface area contributed by atoms with Gasteiger partial charge in [0.05, 0.1) is 0 Å². The van der Waals surface area contributed by atoms with Crippen LogP contribution >= 0.6 is 0 Å². The predicted molar refractivity (Wildman–Crippen MR) is 43.5 cm³/mol. The van der Waals surface area contributed by atoms with Gasteiger partial charge in [-0.05, 0) is 14.0 Å². The highest BCUT2D eigenvalue weighted by atomic mass is 16.1. The molecule has 0 radical (unpaired) electrons. The van der Waals surface area contributed by atoms with Gasteiger partial charge < -0.3 is 9.69 Å². The second-order valence-electron chi connectivity index (χ2n) is 2.71. The van der Waals surface area contributed by atoms with Crippen LogP contribution in [0.25, 0.3) is 0 Å². The molecule has 0 rings (SSSR count). The number of hydrogen-bond donors (Lipinski definition) is 0. The fourth-order valence-corrected chi connectivity index (χ4v) is 0.733. The largest absolute Gasteiger partial charge is 0.306 e. The minimum absolute atomic E-state index is 0.197. The van der Waals surface area contributed by atoms with Gasteiger partial charge in [-0.2, -0.15) is 0 Å². The number of carbonyl (C=O) groups is 2. The van der Waals surface area contributed by atoms with Crippen LogP contribution in [0.4, 0.5) is 0 Å². The number of rotatable bonds is 6. The topological polar surface area (TPSA) is 37.4 Å². The van der Waals surface area contributed by atoms with Crippen LogP contribution in [0.15, 0.2) is 0 Å². The monoisotopic (exact) mass is 157 g/mol. The standard InChI is InChI=1S/C8H15NO2/c1-8(11)4-6-9(2)5-3-7-10/h7H,3-6H2,1-2H3. The van der Waals surface area contributed by atoms with Crippen LogP contribution in [0.5, 0.6) is 0 Å². The number of aldehydes is 1. The summed E-state index contributed by atoms with van der Waals surface area (Å²) in [6.07, 6.45) is 2.02. The highest BCUT2D eigenvalue weighted by Gasteiger charge is 1.98. The fraction of sp³-hybridized carbons (Fsp3) is 0.750. The average molecular weight is 157 g/mol. The van der Waals surface area contributed by atoms with E-state index in [0.29, 0.717) is 12.8 Å². The summed E-state index contributed by atoms with van der Waals surface area (Å²) in [5, 5.41) is 0. The first-order valence-electron chi connectivity index (χ1n) is 3.78. The number of hydrogen-bond acceptors (Lipinski definition) is 3. The summed E-state index contributed by atoms with van der Waals surface area (Å²) in [6.45, 7) is 3.08. The van der Waals surface area contributed by atoms with E-state index in [1.165, 1.54) is 0 Å². The Morgan fingerprint density at radius 1 is 1.45 bits per heavy atom. The molecule has 0 heterocycles. The van der Waals surface area contributed by atoms with Crippen LogP contribution in [0.1, 0.15) is 19.8 Å². The van der Waals surface area contributed by atoms with Crippen molar-refractivity contribution in [2.24, 2.45) is 0 Å². The lowest BCUT2D eigenvalue weighted by atomic mass is 10.3. The van der Waals surface area contributed by atoms with Crippen molar-refractivity contribution in [1.29, 1.82) is 0 Å². The Balaban J connectivity index is 3.28. The van der Waals surface area contributed by atoms with Crippen molar-refractivity contribution in [2.75, 3.05) is 20.1 Å². The molecule has 0 aliphatic carbocycles. The van der Waals surface area contributed by atoms with E-state index in [-0.39, 0.29) is 5.78 Å². The van der Waals surface area contributed by atoms with E-state index in [2.05, 4.69) is 0 Å². The highest BCUT2D eigenvalue weighted by molar-refractivity contribution is 5.75. The number of carbonyl (C=O) groups excluding carboxylic acids is 2. The SMILES string of the molecule is CC(=O)CCN(C)CCC=O. The van der Waals surface area contributed by atoms with Gasteiger partial charge in [-0.25, -0.2) is 0 Å². The molecule has 3 heteroatoms. The van der Waals surface area contributed by atoms with Crippen LogP contribution in [0, 0.1) is 0 Å². The molecule has 0 N–H and O–H groups in total. The lowest BCUT2D eigenvalue weighted by Crippen LogP contribution is -2.22. The zero-order valence-electron chi connectivity index (χ0n) is 7.17. The third kappa shape index (κ3) is 7.19. The van der Waals surface area contributed by atoms with E-state index in [9.17, 15) is 9.59 Å². The second-order valence-corrected chi connectivity index (χ2v) is 2.71. The summed E-state index contributed by atoms with van der Waals surface area (Å²) in [7, 11) is 1.91. The molecule has 0 amide bonds. The molecule has 0 aromatic heterocycles. The van der Waals surface area contributed by atoms with Crippen molar-refractivity contribution in [1.82, 2.24) is 4.90 Å². The summed E-state index contributed by atoms with van der Waals surface area (Å²) in [5.74, 6) is 0.197. The van der Waals surface area contributed by atoms with Crippen molar-refractivity contribution in [2.45, 2.75) is 19.8 Å². The molecule has 0 aromatic carbocycles. The Morgan fingerprint density at radius 3 is 2.55 bits per heavy atom. The number of nitrogens with zero attached hydrogens (tertiary/aromatic N) is 1. The third-order valence-electron chi connectivity index (χ3n) is 1.47. The molecule has 0 unspecified atom stereocenters. The maximum Gasteiger partial charge on any atom is 0.131 e. The molecule has 0 aromatic rings. The second kappa shape index (κ2) is 6.04. The minimum atomic E-state index is 0.197. The summed E-state index contributed by atoms with van der Waals surface area (Å²) in [5.41, 5.74) is 0. The summed E-state index contributed by atoms with van der Waals surface area (Å²) in [6, 6.07) is 0. The van der Waals surface area contributed by atoms with Gasteiger partial charge in [-0.15, -0.1) is 0 Å². The quantitative estimate of drug-likeness (QED) is 0.526. The van der Waals surface area contributed by atoms with Crippen LogP contribution < -0.4 is 0 Å². The van der Waals surface area contributed by atoms with Crippen LogP contribution in [-0.4, -0.2) is 37.1 Å². The van der Waals surface area contributed by atoms with Gasteiger partial charge in [-0.1, -0.05) is 0 Å². The maximum atomic E-state index is 10.5. The van der Waals surface area contributed by atoms with Crippen LogP contribution in [0.2, 0.25) is 0 Å². The molecule has 0 bridgehead atoms. The van der Waals surface area contributed by atoms with E-state index in [1.807, 2.05) is 11.9 Å². The Hall–Kier alpha value is -0.700. The Morgan fingerprint density at radius 2 is 2.09 bits per heavy atom. The predicted octanol–water partition coefficient (Wildman–Crippen LogP) is 0.486. The Labute approximate surface area is 67.4 Å². The molecular weight excluding hydrogens is 142 g/mol. The van der Waals surface area contributed by atoms with E-state index in [1.54, 1.807) is 6.92 Å². The summed E-state index contributed by atoms with van der Waals surface area (Å²) in [4.78, 5) is 22.5. The van der Waals surface area contributed by atoms with Crippen molar-refractivity contribution < 1.29 is 9.59 Å². The van der Waals surface area contributed by atoms with Gasteiger partial charge in [0.25, 0.3) is 0 Å².